The Morgan fingerprint density at radius 2 is 2.06 bits per heavy atom. The molecule has 1 unspecified atom stereocenters. The van der Waals surface area contributed by atoms with Crippen LogP contribution < -0.4 is 5.73 Å². The number of rotatable bonds is 3. The van der Waals surface area contributed by atoms with E-state index in [1.165, 1.54) is 0 Å². The quantitative estimate of drug-likeness (QED) is 0.889. The van der Waals surface area contributed by atoms with Crippen LogP contribution in [-0.4, -0.2) is 25.8 Å². The highest BCUT2D eigenvalue weighted by Crippen LogP contribution is 2.14. The molecule has 2 heterocycles. The Balaban J connectivity index is 2.38. The number of hydrogen-bond acceptors (Lipinski definition) is 4. The van der Waals surface area contributed by atoms with Crippen LogP contribution in [0.25, 0.3) is 5.82 Å². The van der Waals surface area contributed by atoms with Gasteiger partial charge in [0.15, 0.2) is 5.82 Å². The smallest absolute Gasteiger partial charge is 0.158 e. The molecule has 0 aliphatic heterocycles. The van der Waals surface area contributed by atoms with Crippen LogP contribution in [0.5, 0.6) is 0 Å². The van der Waals surface area contributed by atoms with Gasteiger partial charge in [0, 0.05) is 12.2 Å². The molecule has 0 aliphatic carbocycles. The van der Waals surface area contributed by atoms with Gasteiger partial charge in [-0.25, -0.2) is 9.97 Å². The number of aryl methyl sites for hydroxylation is 3. The van der Waals surface area contributed by atoms with E-state index in [-0.39, 0.29) is 6.04 Å². The molecule has 2 aromatic heterocycles. The van der Waals surface area contributed by atoms with Gasteiger partial charge in [0.1, 0.15) is 11.6 Å². The molecule has 1 atom stereocenters. The highest BCUT2D eigenvalue weighted by Gasteiger charge is 2.10. The van der Waals surface area contributed by atoms with Crippen LogP contribution in [0.1, 0.15) is 29.7 Å². The molecule has 0 bridgehead atoms. The summed E-state index contributed by atoms with van der Waals surface area (Å²) in [4.78, 5) is 8.77. The largest absolute Gasteiger partial charge is 0.328 e. The van der Waals surface area contributed by atoms with E-state index in [1.807, 2.05) is 33.9 Å². The fourth-order valence-corrected chi connectivity index (χ4v) is 2.05. The van der Waals surface area contributed by atoms with Crippen LogP contribution in [-0.2, 0) is 6.42 Å². The topological polar surface area (TPSA) is 69.6 Å². The van der Waals surface area contributed by atoms with Crippen LogP contribution in [0.2, 0.25) is 0 Å². The fourth-order valence-electron chi connectivity index (χ4n) is 2.05. The zero-order valence-electron chi connectivity index (χ0n) is 11.3. The molecular weight excluding hydrogens is 226 g/mol. The van der Waals surface area contributed by atoms with Gasteiger partial charge in [-0.1, -0.05) is 6.07 Å². The fraction of sp³-hybridized carbons (Fsp3) is 0.462. The summed E-state index contributed by atoms with van der Waals surface area (Å²) in [5.74, 6) is 2.44. The summed E-state index contributed by atoms with van der Waals surface area (Å²) in [5.41, 5.74) is 8.03. The van der Waals surface area contributed by atoms with Crippen LogP contribution in [0.15, 0.2) is 12.3 Å². The minimum Gasteiger partial charge on any atom is -0.328 e. The monoisotopic (exact) mass is 245 g/mol. The molecule has 0 amide bonds. The van der Waals surface area contributed by atoms with Gasteiger partial charge in [-0.2, -0.15) is 4.68 Å². The first-order valence-electron chi connectivity index (χ1n) is 6.09. The van der Waals surface area contributed by atoms with Crippen molar-refractivity contribution < 1.29 is 0 Å². The molecule has 0 aliphatic rings. The SMILES string of the molecule is Cc1nc(C)n(-c2ncc(CC(C)N)cc2C)n1. The van der Waals surface area contributed by atoms with Gasteiger partial charge in [-0.05, 0) is 45.2 Å². The Kier molecular flexibility index (Phi) is 3.43. The van der Waals surface area contributed by atoms with Gasteiger partial charge < -0.3 is 5.73 Å². The summed E-state index contributed by atoms with van der Waals surface area (Å²) in [7, 11) is 0. The lowest BCUT2D eigenvalue weighted by molar-refractivity contribution is 0.730. The van der Waals surface area contributed by atoms with E-state index in [0.29, 0.717) is 0 Å². The summed E-state index contributed by atoms with van der Waals surface area (Å²) in [6.07, 6.45) is 2.70. The Morgan fingerprint density at radius 1 is 1.33 bits per heavy atom. The van der Waals surface area contributed by atoms with Crippen molar-refractivity contribution in [3.05, 3.63) is 35.0 Å². The molecule has 96 valence electrons. The van der Waals surface area contributed by atoms with E-state index in [1.54, 1.807) is 4.68 Å². The number of aromatic nitrogens is 4. The van der Waals surface area contributed by atoms with E-state index in [4.69, 9.17) is 5.73 Å². The van der Waals surface area contributed by atoms with E-state index < -0.39 is 0 Å². The van der Waals surface area contributed by atoms with Crippen molar-refractivity contribution in [2.24, 2.45) is 5.73 Å². The number of nitrogens with two attached hydrogens (primary N) is 1. The summed E-state index contributed by atoms with van der Waals surface area (Å²) in [5, 5.41) is 4.35. The number of pyridine rings is 1. The van der Waals surface area contributed by atoms with E-state index in [0.717, 1.165) is 35.0 Å². The van der Waals surface area contributed by atoms with E-state index in [9.17, 15) is 0 Å². The highest BCUT2D eigenvalue weighted by molar-refractivity contribution is 5.35. The molecule has 2 rings (SSSR count). The number of hydrogen-bond donors (Lipinski definition) is 1. The molecule has 0 fully saturated rings. The normalized spacial score (nSPS) is 12.7. The van der Waals surface area contributed by atoms with Gasteiger partial charge in [-0.3, -0.25) is 0 Å². The third-order valence-electron chi connectivity index (χ3n) is 2.74. The molecule has 0 aromatic carbocycles. The predicted molar refractivity (Wildman–Crippen MR) is 70.7 cm³/mol. The van der Waals surface area contributed by atoms with Crippen molar-refractivity contribution in [3.63, 3.8) is 0 Å². The second kappa shape index (κ2) is 4.86. The Labute approximate surface area is 107 Å². The third kappa shape index (κ3) is 2.56. The molecule has 0 radical (unpaired) electrons. The van der Waals surface area contributed by atoms with E-state index in [2.05, 4.69) is 21.1 Å². The van der Waals surface area contributed by atoms with Gasteiger partial charge in [-0.15, -0.1) is 5.10 Å². The zero-order valence-corrected chi connectivity index (χ0v) is 11.3. The lowest BCUT2D eigenvalue weighted by Gasteiger charge is -2.09. The third-order valence-corrected chi connectivity index (χ3v) is 2.74. The van der Waals surface area contributed by atoms with E-state index >= 15 is 0 Å². The summed E-state index contributed by atoms with van der Waals surface area (Å²) in [6, 6.07) is 2.26. The second-order valence-electron chi connectivity index (χ2n) is 4.78. The Bertz CT molecular complexity index is 557. The van der Waals surface area contributed by atoms with Crippen molar-refractivity contribution >= 4 is 0 Å². The minimum absolute atomic E-state index is 0.146. The van der Waals surface area contributed by atoms with Crippen molar-refractivity contribution in [1.29, 1.82) is 0 Å². The molecule has 2 N–H and O–H groups in total. The van der Waals surface area contributed by atoms with Gasteiger partial charge >= 0.3 is 0 Å². The molecular formula is C13H19N5. The number of nitrogens with zero attached hydrogens (tertiary/aromatic N) is 4. The lowest BCUT2D eigenvalue weighted by Crippen LogP contribution is -2.18. The molecule has 0 saturated heterocycles. The average Bonchev–Trinajstić information content (AvgIpc) is 2.57. The molecule has 0 saturated carbocycles. The molecule has 0 spiro atoms. The average molecular weight is 245 g/mol. The van der Waals surface area contributed by atoms with Crippen LogP contribution in [0.3, 0.4) is 0 Å². The van der Waals surface area contributed by atoms with Crippen LogP contribution in [0, 0.1) is 20.8 Å². The van der Waals surface area contributed by atoms with Crippen molar-refractivity contribution in [3.8, 4) is 5.82 Å². The van der Waals surface area contributed by atoms with Crippen molar-refractivity contribution in [1.82, 2.24) is 19.7 Å². The van der Waals surface area contributed by atoms with Gasteiger partial charge in [0.2, 0.25) is 0 Å². The maximum absolute atomic E-state index is 5.80. The zero-order chi connectivity index (χ0) is 13.3. The first-order valence-corrected chi connectivity index (χ1v) is 6.09. The van der Waals surface area contributed by atoms with Crippen molar-refractivity contribution in [2.75, 3.05) is 0 Å². The maximum atomic E-state index is 5.80. The Hall–Kier alpha value is -1.75. The highest BCUT2D eigenvalue weighted by atomic mass is 15.4. The molecule has 18 heavy (non-hydrogen) atoms. The first kappa shape index (κ1) is 12.7. The summed E-state index contributed by atoms with van der Waals surface area (Å²) >= 11 is 0. The maximum Gasteiger partial charge on any atom is 0.158 e. The first-order chi connectivity index (χ1) is 8.47. The summed E-state index contributed by atoms with van der Waals surface area (Å²) in [6.45, 7) is 7.83. The summed E-state index contributed by atoms with van der Waals surface area (Å²) < 4.78 is 1.78. The van der Waals surface area contributed by atoms with Gasteiger partial charge in [0.05, 0.1) is 0 Å². The lowest BCUT2D eigenvalue weighted by atomic mass is 10.1. The molecule has 5 nitrogen and oxygen atoms in total. The molecule has 2 aromatic rings. The predicted octanol–water partition coefficient (Wildman–Crippen LogP) is 1.48. The van der Waals surface area contributed by atoms with Crippen LogP contribution >= 0.6 is 0 Å². The van der Waals surface area contributed by atoms with Gasteiger partial charge in [0.25, 0.3) is 0 Å². The standard InChI is InChI=1S/C13H19N5/c1-8-5-12(6-9(2)14)7-15-13(8)18-11(4)16-10(3)17-18/h5,7,9H,6,14H2,1-4H3. The second-order valence-corrected chi connectivity index (χ2v) is 4.78. The van der Waals surface area contributed by atoms with Crippen molar-refractivity contribution in [2.45, 2.75) is 40.2 Å². The van der Waals surface area contributed by atoms with Crippen LogP contribution in [0.4, 0.5) is 0 Å². The Morgan fingerprint density at radius 3 is 2.56 bits per heavy atom. The minimum atomic E-state index is 0.146. The molecule has 5 heteroatoms.